The Labute approximate surface area is 146 Å². The summed E-state index contributed by atoms with van der Waals surface area (Å²) >= 11 is 0. The van der Waals surface area contributed by atoms with Crippen molar-refractivity contribution in [3.8, 4) is 0 Å². The molecule has 0 atom stereocenters. The van der Waals surface area contributed by atoms with Crippen LogP contribution < -0.4 is 0 Å². The van der Waals surface area contributed by atoms with Crippen LogP contribution in [-0.4, -0.2) is 57.4 Å². The lowest BCUT2D eigenvalue weighted by Gasteiger charge is -2.28. The van der Waals surface area contributed by atoms with Gasteiger partial charge in [0.1, 0.15) is 17.5 Å². The van der Waals surface area contributed by atoms with E-state index in [2.05, 4.69) is 20.3 Å². The first-order chi connectivity index (χ1) is 12.0. The summed E-state index contributed by atoms with van der Waals surface area (Å²) in [5.74, 6) is 0.775. The molecule has 1 fully saturated rings. The van der Waals surface area contributed by atoms with Crippen molar-refractivity contribution in [2.24, 2.45) is 5.92 Å². The number of hydrogen-bond acceptors (Lipinski definition) is 5. The van der Waals surface area contributed by atoms with Crippen LogP contribution >= 0.6 is 0 Å². The molecule has 0 spiro atoms. The van der Waals surface area contributed by atoms with Crippen molar-refractivity contribution >= 4 is 26.6 Å². The van der Waals surface area contributed by atoms with Gasteiger partial charge in [0.05, 0.1) is 11.4 Å². The van der Waals surface area contributed by atoms with Crippen molar-refractivity contribution in [3.05, 3.63) is 24.3 Å². The third kappa shape index (κ3) is 2.91. The van der Waals surface area contributed by atoms with Crippen LogP contribution in [-0.2, 0) is 10.0 Å². The molecule has 8 nitrogen and oxygen atoms in total. The molecule has 3 aromatic heterocycles. The van der Waals surface area contributed by atoms with Crippen molar-refractivity contribution in [1.29, 1.82) is 0 Å². The van der Waals surface area contributed by atoms with Gasteiger partial charge in [-0.2, -0.15) is 0 Å². The number of nitrogens with zero attached hydrogens (tertiary/aromatic N) is 5. The second-order valence-electron chi connectivity index (χ2n) is 7.03. The molecular weight excluding hydrogens is 340 g/mol. The van der Waals surface area contributed by atoms with Gasteiger partial charge in [0.2, 0.25) is 10.0 Å². The van der Waals surface area contributed by atoms with Crippen LogP contribution in [0.25, 0.3) is 16.6 Å². The number of sulfonamides is 1. The fraction of sp³-hybridized carbons (Fsp3) is 0.562. The molecule has 1 N–H and O–H groups in total. The zero-order valence-corrected chi connectivity index (χ0v) is 15.2. The van der Waals surface area contributed by atoms with E-state index in [9.17, 15) is 8.42 Å². The zero-order valence-electron chi connectivity index (χ0n) is 14.4. The number of rotatable bonds is 4. The molecule has 3 aromatic rings. The molecule has 1 aliphatic rings. The highest BCUT2D eigenvalue weighted by molar-refractivity contribution is 7.89. The van der Waals surface area contributed by atoms with E-state index in [0.717, 1.165) is 47.9 Å². The maximum atomic E-state index is 12.1. The molecule has 0 aromatic carbocycles. The Balaban J connectivity index is 1.55. The summed E-state index contributed by atoms with van der Waals surface area (Å²) in [6.07, 6.45) is 7.24. The Kier molecular flexibility index (Phi) is 3.99. The van der Waals surface area contributed by atoms with E-state index < -0.39 is 10.0 Å². The second-order valence-corrected chi connectivity index (χ2v) is 9.26. The Morgan fingerprint density at radius 1 is 1.28 bits per heavy atom. The van der Waals surface area contributed by atoms with E-state index in [1.165, 1.54) is 4.31 Å². The van der Waals surface area contributed by atoms with Crippen molar-refractivity contribution in [3.63, 3.8) is 0 Å². The summed E-state index contributed by atoms with van der Waals surface area (Å²) in [6.45, 7) is 0. The van der Waals surface area contributed by atoms with Gasteiger partial charge < -0.3 is 4.98 Å². The highest BCUT2D eigenvalue weighted by Gasteiger charge is 2.30. The Bertz CT molecular complexity index is 998. The molecule has 9 heteroatoms. The molecular formula is C16H22N6O2S. The van der Waals surface area contributed by atoms with Gasteiger partial charge in [-0.3, -0.25) is 0 Å². The molecule has 134 valence electrons. The average Bonchev–Trinajstić information content (AvgIpc) is 3.21. The molecule has 0 unspecified atom stereocenters. The Hall–Kier alpha value is -2.00. The minimum Gasteiger partial charge on any atom is -0.346 e. The average molecular weight is 362 g/mol. The predicted molar refractivity (Wildman–Crippen MR) is 94.8 cm³/mol. The minimum absolute atomic E-state index is 0.222. The molecule has 0 saturated heterocycles. The van der Waals surface area contributed by atoms with Crippen molar-refractivity contribution in [2.45, 2.75) is 31.6 Å². The van der Waals surface area contributed by atoms with E-state index in [4.69, 9.17) is 0 Å². The van der Waals surface area contributed by atoms with Gasteiger partial charge in [0, 0.05) is 31.6 Å². The normalized spacial score (nSPS) is 22.2. The topological polar surface area (TPSA) is 96.2 Å². The predicted octanol–water partition coefficient (Wildman–Crippen LogP) is 1.77. The van der Waals surface area contributed by atoms with Crippen LogP contribution in [0.1, 0.15) is 37.3 Å². The largest absolute Gasteiger partial charge is 0.346 e. The van der Waals surface area contributed by atoms with E-state index in [1.54, 1.807) is 24.9 Å². The number of hydrogen-bond donors (Lipinski definition) is 1. The summed E-state index contributed by atoms with van der Waals surface area (Å²) in [5.41, 5.74) is 2.85. The molecule has 0 bridgehead atoms. The van der Waals surface area contributed by atoms with Crippen LogP contribution in [0, 0.1) is 5.92 Å². The molecule has 1 aliphatic carbocycles. The SMILES string of the molecule is CN(C)S(=O)(=O)CC1CCC(c2nnn3cnc4[nH]ccc4c23)CC1. The van der Waals surface area contributed by atoms with Crippen LogP contribution in [0.3, 0.4) is 0 Å². The van der Waals surface area contributed by atoms with Crippen LogP contribution in [0.4, 0.5) is 0 Å². The van der Waals surface area contributed by atoms with Gasteiger partial charge in [-0.1, -0.05) is 5.21 Å². The van der Waals surface area contributed by atoms with Crippen LogP contribution in [0.2, 0.25) is 0 Å². The fourth-order valence-corrected chi connectivity index (χ4v) is 4.97. The van der Waals surface area contributed by atoms with Gasteiger partial charge in [0.25, 0.3) is 0 Å². The van der Waals surface area contributed by atoms with Crippen LogP contribution in [0.5, 0.6) is 0 Å². The summed E-state index contributed by atoms with van der Waals surface area (Å²) in [7, 11) is 0.0583. The summed E-state index contributed by atoms with van der Waals surface area (Å²) in [6, 6.07) is 2.00. The molecule has 1 saturated carbocycles. The fourth-order valence-electron chi connectivity index (χ4n) is 3.74. The smallest absolute Gasteiger partial charge is 0.213 e. The third-order valence-electron chi connectivity index (χ3n) is 5.23. The van der Waals surface area contributed by atoms with E-state index in [1.807, 2.05) is 12.3 Å². The summed E-state index contributed by atoms with van der Waals surface area (Å²) < 4.78 is 27.2. The minimum atomic E-state index is -3.14. The molecule has 0 radical (unpaired) electrons. The quantitative estimate of drug-likeness (QED) is 0.763. The Morgan fingerprint density at radius 2 is 2.04 bits per heavy atom. The van der Waals surface area contributed by atoms with Crippen molar-refractivity contribution < 1.29 is 8.42 Å². The number of aromatic amines is 1. The number of aromatic nitrogens is 5. The van der Waals surface area contributed by atoms with Gasteiger partial charge in [-0.25, -0.2) is 22.2 Å². The standard InChI is InChI=1S/C16H22N6O2S/c1-21(2)25(23,24)9-11-3-5-12(6-4-11)14-15-13-7-8-17-16(13)18-10-22(15)20-19-14/h7-8,10-12,17H,3-6,9H2,1-2H3. The van der Waals surface area contributed by atoms with E-state index >= 15 is 0 Å². The summed E-state index contributed by atoms with van der Waals surface area (Å²) in [5, 5.41) is 9.65. The molecule has 0 aliphatic heterocycles. The number of H-pyrrole nitrogens is 1. The number of fused-ring (bicyclic) bond motifs is 3. The molecule has 25 heavy (non-hydrogen) atoms. The van der Waals surface area contributed by atoms with Crippen molar-refractivity contribution in [2.75, 3.05) is 19.8 Å². The second kappa shape index (κ2) is 6.06. The Morgan fingerprint density at radius 3 is 2.76 bits per heavy atom. The summed E-state index contributed by atoms with van der Waals surface area (Å²) in [4.78, 5) is 7.45. The van der Waals surface area contributed by atoms with Crippen molar-refractivity contribution in [1.82, 2.24) is 29.1 Å². The van der Waals surface area contributed by atoms with Gasteiger partial charge >= 0.3 is 0 Å². The molecule has 4 rings (SSSR count). The third-order valence-corrected chi connectivity index (χ3v) is 7.24. The van der Waals surface area contributed by atoms with E-state index in [0.29, 0.717) is 5.92 Å². The molecule has 3 heterocycles. The maximum Gasteiger partial charge on any atom is 0.213 e. The highest BCUT2D eigenvalue weighted by Crippen LogP contribution is 2.38. The maximum absolute atomic E-state index is 12.1. The van der Waals surface area contributed by atoms with Gasteiger partial charge in [-0.05, 0) is 37.7 Å². The first-order valence-electron chi connectivity index (χ1n) is 8.53. The molecule has 0 amide bonds. The van der Waals surface area contributed by atoms with E-state index in [-0.39, 0.29) is 11.7 Å². The lowest BCUT2D eigenvalue weighted by Crippen LogP contribution is -2.30. The number of nitrogens with one attached hydrogen (secondary N) is 1. The van der Waals surface area contributed by atoms with Gasteiger partial charge in [-0.15, -0.1) is 5.10 Å². The first-order valence-corrected chi connectivity index (χ1v) is 10.1. The van der Waals surface area contributed by atoms with Gasteiger partial charge in [0.15, 0.2) is 0 Å². The lowest BCUT2D eigenvalue weighted by atomic mass is 9.81. The first kappa shape index (κ1) is 16.5. The van der Waals surface area contributed by atoms with Crippen LogP contribution in [0.15, 0.2) is 18.6 Å². The zero-order chi connectivity index (χ0) is 17.6. The highest BCUT2D eigenvalue weighted by atomic mass is 32.2. The lowest BCUT2D eigenvalue weighted by molar-refractivity contribution is 0.342. The monoisotopic (exact) mass is 362 g/mol.